The monoisotopic (exact) mass is 251 g/mol. The van der Waals surface area contributed by atoms with Gasteiger partial charge in [-0.2, -0.15) is 4.73 Å². The summed E-state index contributed by atoms with van der Waals surface area (Å²) in [7, 11) is 0. The van der Waals surface area contributed by atoms with Crippen molar-refractivity contribution in [3.8, 4) is 5.75 Å². The lowest BCUT2D eigenvalue weighted by molar-refractivity contribution is -0.577. The van der Waals surface area contributed by atoms with Crippen LogP contribution in [-0.4, -0.2) is 0 Å². The Kier molecular flexibility index (Phi) is 3.02. The smallest absolute Gasteiger partial charge is 0.227 e. The fourth-order valence-corrected chi connectivity index (χ4v) is 2.05. The fraction of sp³-hybridized carbons (Fsp3) is 0.0625. The van der Waals surface area contributed by atoms with Gasteiger partial charge in [-0.25, -0.2) is 0 Å². The number of pyridine rings is 1. The SMILES string of the molecule is [O-][n+]1cccc2c(OCc3ccccc3)cccc21. The Bertz CT molecular complexity index is 695. The van der Waals surface area contributed by atoms with Crippen molar-refractivity contribution in [2.24, 2.45) is 0 Å². The van der Waals surface area contributed by atoms with Crippen molar-refractivity contribution in [1.29, 1.82) is 0 Å². The van der Waals surface area contributed by atoms with Gasteiger partial charge in [0.25, 0.3) is 0 Å². The summed E-state index contributed by atoms with van der Waals surface area (Å²) in [5.41, 5.74) is 1.72. The van der Waals surface area contributed by atoms with Crippen LogP contribution >= 0.6 is 0 Å². The van der Waals surface area contributed by atoms with Crippen LogP contribution in [0.4, 0.5) is 0 Å². The molecule has 0 fully saturated rings. The Labute approximate surface area is 111 Å². The second kappa shape index (κ2) is 4.98. The summed E-state index contributed by atoms with van der Waals surface area (Å²) in [5, 5.41) is 12.5. The number of nitrogens with zero attached hydrogens (tertiary/aromatic N) is 1. The molecule has 19 heavy (non-hydrogen) atoms. The first-order valence-electron chi connectivity index (χ1n) is 6.12. The van der Waals surface area contributed by atoms with Crippen LogP contribution in [0.2, 0.25) is 0 Å². The molecule has 3 nitrogen and oxygen atoms in total. The molecule has 0 saturated heterocycles. The molecule has 0 aliphatic carbocycles. The van der Waals surface area contributed by atoms with Gasteiger partial charge in [-0.05, 0) is 17.7 Å². The van der Waals surface area contributed by atoms with Gasteiger partial charge in [-0.3, -0.25) is 0 Å². The molecule has 3 rings (SSSR count). The van der Waals surface area contributed by atoms with Crippen LogP contribution < -0.4 is 9.47 Å². The third kappa shape index (κ3) is 2.36. The normalized spacial score (nSPS) is 10.5. The summed E-state index contributed by atoms with van der Waals surface area (Å²) in [6, 6.07) is 19.1. The Balaban J connectivity index is 1.91. The van der Waals surface area contributed by atoms with Crippen molar-refractivity contribution in [3.05, 3.63) is 77.6 Å². The van der Waals surface area contributed by atoms with Crippen LogP contribution in [0.25, 0.3) is 10.9 Å². The maximum absolute atomic E-state index is 11.7. The highest BCUT2D eigenvalue weighted by atomic mass is 16.5. The molecule has 0 amide bonds. The summed E-state index contributed by atoms with van der Waals surface area (Å²) in [6.45, 7) is 0.494. The summed E-state index contributed by atoms with van der Waals surface area (Å²) < 4.78 is 6.66. The highest BCUT2D eigenvalue weighted by molar-refractivity contribution is 5.82. The Hall–Kier alpha value is -2.55. The third-order valence-corrected chi connectivity index (χ3v) is 3.00. The van der Waals surface area contributed by atoms with Gasteiger partial charge < -0.3 is 9.94 Å². The van der Waals surface area contributed by atoms with E-state index in [4.69, 9.17) is 4.74 Å². The van der Waals surface area contributed by atoms with E-state index in [1.807, 2.05) is 48.5 Å². The van der Waals surface area contributed by atoms with E-state index in [0.717, 1.165) is 21.4 Å². The van der Waals surface area contributed by atoms with E-state index < -0.39 is 0 Å². The summed E-state index contributed by atoms with van der Waals surface area (Å²) >= 11 is 0. The van der Waals surface area contributed by atoms with Crippen LogP contribution in [0.5, 0.6) is 5.75 Å². The molecule has 0 saturated carbocycles. The van der Waals surface area contributed by atoms with Crippen LogP contribution in [0, 0.1) is 5.21 Å². The molecule has 3 aromatic rings. The molecule has 2 aromatic carbocycles. The fourth-order valence-electron chi connectivity index (χ4n) is 2.05. The van der Waals surface area contributed by atoms with Crippen LogP contribution in [-0.2, 0) is 6.61 Å². The quantitative estimate of drug-likeness (QED) is 0.530. The maximum atomic E-state index is 11.7. The molecule has 0 spiro atoms. The first-order valence-corrected chi connectivity index (χ1v) is 6.12. The van der Waals surface area contributed by atoms with Crippen LogP contribution in [0.15, 0.2) is 66.9 Å². The minimum atomic E-state index is 0.494. The van der Waals surface area contributed by atoms with Gasteiger partial charge in [0.2, 0.25) is 5.52 Å². The van der Waals surface area contributed by atoms with Crippen molar-refractivity contribution in [2.75, 3.05) is 0 Å². The Morgan fingerprint density at radius 1 is 0.895 bits per heavy atom. The van der Waals surface area contributed by atoms with Crippen molar-refractivity contribution < 1.29 is 9.47 Å². The summed E-state index contributed by atoms with van der Waals surface area (Å²) in [5.74, 6) is 0.728. The second-order valence-corrected chi connectivity index (χ2v) is 4.30. The molecule has 0 bridgehead atoms. The largest absolute Gasteiger partial charge is 0.618 e. The predicted molar refractivity (Wildman–Crippen MR) is 73.7 cm³/mol. The number of ether oxygens (including phenoxy) is 1. The molecular weight excluding hydrogens is 238 g/mol. The first-order chi connectivity index (χ1) is 9.34. The van der Waals surface area contributed by atoms with Crippen molar-refractivity contribution >= 4 is 10.9 Å². The molecule has 0 radical (unpaired) electrons. The van der Waals surface area contributed by atoms with Gasteiger partial charge in [0.1, 0.15) is 12.4 Å². The molecule has 0 aliphatic heterocycles. The average Bonchev–Trinajstić information content (AvgIpc) is 2.47. The second-order valence-electron chi connectivity index (χ2n) is 4.30. The number of hydrogen-bond acceptors (Lipinski definition) is 2. The number of rotatable bonds is 3. The topological polar surface area (TPSA) is 36.2 Å². The Morgan fingerprint density at radius 2 is 1.74 bits per heavy atom. The van der Waals surface area contributed by atoms with E-state index in [9.17, 15) is 5.21 Å². The van der Waals surface area contributed by atoms with Gasteiger partial charge in [0, 0.05) is 12.1 Å². The van der Waals surface area contributed by atoms with Gasteiger partial charge in [-0.15, -0.1) is 0 Å². The molecule has 3 heteroatoms. The first kappa shape index (κ1) is 11.5. The molecule has 1 heterocycles. The number of fused-ring (bicyclic) bond motifs is 1. The molecule has 0 aliphatic rings. The zero-order valence-corrected chi connectivity index (χ0v) is 10.3. The van der Waals surface area contributed by atoms with Gasteiger partial charge >= 0.3 is 0 Å². The van der Waals surface area contributed by atoms with Gasteiger partial charge in [0.05, 0.1) is 5.39 Å². The Morgan fingerprint density at radius 3 is 2.58 bits per heavy atom. The average molecular weight is 251 g/mol. The molecule has 1 aromatic heterocycles. The number of hydrogen-bond donors (Lipinski definition) is 0. The van der Waals surface area contributed by atoms with Crippen LogP contribution in [0.3, 0.4) is 0 Å². The minimum Gasteiger partial charge on any atom is -0.618 e. The molecule has 0 unspecified atom stereocenters. The van der Waals surface area contributed by atoms with E-state index in [1.54, 1.807) is 12.1 Å². The molecule has 0 atom stereocenters. The molecular formula is C16H13NO2. The number of benzene rings is 2. The van der Waals surface area contributed by atoms with E-state index in [1.165, 1.54) is 6.20 Å². The highest BCUT2D eigenvalue weighted by Gasteiger charge is 2.08. The zero-order valence-electron chi connectivity index (χ0n) is 10.3. The summed E-state index contributed by atoms with van der Waals surface area (Å²) in [4.78, 5) is 0. The maximum Gasteiger partial charge on any atom is 0.227 e. The van der Waals surface area contributed by atoms with E-state index in [-0.39, 0.29) is 0 Å². The van der Waals surface area contributed by atoms with Gasteiger partial charge in [-0.1, -0.05) is 36.4 Å². The third-order valence-electron chi connectivity index (χ3n) is 3.00. The highest BCUT2D eigenvalue weighted by Crippen LogP contribution is 2.23. The molecule has 0 N–H and O–H groups in total. The van der Waals surface area contributed by atoms with E-state index in [0.29, 0.717) is 12.1 Å². The van der Waals surface area contributed by atoms with E-state index >= 15 is 0 Å². The van der Waals surface area contributed by atoms with Crippen LogP contribution in [0.1, 0.15) is 5.56 Å². The lowest BCUT2D eigenvalue weighted by Gasteiger charge is -2.09. The lowest BCUT2D eigenvalue weighted by Crippen LogP contribution is -2.25. The van der Waals surface area contributed by atoms with Crippen molar-refractivity contribution in [1.82, 2.24) is 0 Å². The standard InChI is InChI=1S/C16H13NO2/c18-17-11-5-8-14-15(17)9-4-10-16(14)19-12-13-6-2-1-3-7-13/h1-11H,12H2. The number of aromatic nitrogens is 1. The lowest BCUT2D eigenvalue weighted by atomic mass is 10.2. The minimum absolute atomic E-state index is 0.494. The van der Waals surface area contributed by atoms with Crippen molar-refractivity contribution in [2.45, 2.75) is 6.61 Å². The van der Waals surface area contributed by atoms with Crippen molar-refractivity contribution in [3.63, 3.8) is 0 Å². The predicted octanol–water partition coefficient (Wildman–Crippen LogP) is 3.05. The summed E-state index contributed by atoms with van der Waals surface area (Å²) in [6.07, 6.45) is 1.49. The van der Waals surface area contributed by atoms with E-state index in [2.05, 4.69) is 0 Å². The van der Waals surface area contributed by atoms with Gasteiger partial charge in [0.15, 0.2) is 6.20 Å². The zero-order chi connectivity index (χ0) is 13.1. The molecule has 94 valence electrons.